The molecule has 0 saturated carbocycles. The van der Waals surface area contributed by atoms with Crippen molar-refractivity contribution in [1.82, 2.24) is 19.0 Å². The lowest BCUT2D eigenvalue weighted by Gasteiger charge is -2.36. The molecule has 210 valence electrons. The normalized spacial score (nSPS) is 13.7. The Kier molecular flexibility index (Phi) is 8.30. The van der Waals surface area contributed by atoms with E-state index in [2.05, 4.69) is 9.88 Å². The number of H-pyrrole nitrogens is 1. The number of hydrogen-bond donors (Lipinski definition) is 1. The number of benzene rings is 2. The third-order valence-corrected chi connectivity index (χ3v) is 7.47. The van der Waals surface area contributed by atoms with Gasteiger partial charge in [-0.15, -0.1) is 0 Å². The first-order chi connectivity index (χ1) is 19.4. The van der Waals surface area contributed by atoms with Crippen molar-refractivity contribution in [2.75, 3.05) is 37.7 Å². The van der Waals surface area contributed by atoms with Gasteiger partial charge >= 0.3 is 5.69 Å². The molecule has 0 unspecified atom stereocenters. The lowest BCUT2D eigenvalue weighted by Crippen LogP contribution is -2.50. The van der Waals surface area contributed by atoms with Crippen LogP contribution in [0.2, 0.25) is 5.02 Å². The van der Waals surface area contributed by atoms with E-state index >= 15 is 0 Å². The van der Waals surface area contributed by atoms with Gasteiger partial charge in [-0.3, -0.25) is 18.7 Å². The number of aromatic nitrogens is 3. The number of rotatable bonds is 9. The quantitative estimate of drug-likeness (QED) is 0.327. The Hall–Kier alpha value is -3.98. The SMILES string of the molecule is CCCn1c(=O)c2[nH]c(-c3ccc(OCC(=O)N4CCN(c5cccc(Cl)c5)CC4)cc3)cc2n(CCC)c1=O. The van der Waals surface area contributed by atoms with Crippen LogP contribution in [-0.2, 0) is 17.9 Å². The molecule has 1 N–H and O–H groups in total. The van der Waals surface area contributed by atoms with Gasteiger partial charge in [0, 0.05) is 55.7 Å². The molecule has 2 aromatic heterocycles. The second kappa shape index (κ2) is 12.0. The van der Waals surface area contributed by atoms with Gasteiger partial charge in [-0.2, -0.15) is 0 Å². The summed E-state index contributed by atoms with van der Waals surface area (Å²) in [6.07, 6.45) is 1.48. The Balaban J connectivity index is 1.24. The molecule has 5 rings (SSSR count). The molecule has 3 heterocycles. The number of aromatic amines is 1. The number of anilines is 1. The van der Waals surface area contributed by atoms with E-state index in [0.717, 1.165) is 36.5 Å². The van der Waals surface area contributed by atoms with E-state index in [-0.39, 0.29) is 23.8 Å². The molecule has 0 radical (unpaired) electrons. The lowest BCUT2D eigenvalue weighted by atomic mass is 10.1. The summed E-state index contributed by atoms with van der Waals surface area (Å²) < 4.78 is 8.78. The maximum Gasteiger partial charge on any atom is 0.331 e. The first-order valence-corrected chi connectivity index (χ1v) is 14.1. The van der Waals surface area contributed by atoms with Crippen LogP contribution in [0.25, 0.3) is 22.3 Å². The van der Waals surface area contributed by atoms with Gasteiger partial charge in [0.05, 0.1) is 5.52 Å². The highest BCUT2D eigenvalue weighted by molar-refractivity contribution is 6.30. The highest BCUT2D eigenvalue weighted by Crippen LogP contribution is 2.25. The molecule has 10 heteroatoms. The van der Waals surface area contributed by atoms with Crippen LogP contribution >= 0.6 is 11.6 Å². The van der Waals surface area contributed by atoms with E-state index in [1.165, 1.54) is 4.57 Å². The summed E-state index contributed by atoms with van der Waals surface area (Å²) in [6, 6.07) is 17.0. The number of aryl methyl sites for hydroxylation is 1. The zero-order valence-electron chi connectivity index (χ0n) is 22.9. The summed E-state index contributed by atoms with van der Waals surface area (Å²) >= 11 is 6.12. The number of piperazine rings is 1. The maximum atomic E-state index is 13.0. The monoisotopic (exact) mass is 563 g/mol. The largest absolute Gasteiger partial charge is 0.484 e. The predicted molar refractivity (Wildman–Crippen MR) is 159 cm³/mol. The van der Waals surface area contributed by atoms with E-state index < -0.39 is 0 Å². The molecule has 40 heavy (non-hydrogen) atoms. The van der Waals surface area contributed by atoms with E-state index in [1.807, 2.05) is 61.2 Å². The molecule has 0 bridgehead atoms. The molecule has 9 nitrogen and oxygen atoms in total. The van der Waals surface area contributed by atoms with Gasteiger partial charge in [-0.05, 0) is 66.9 Å². The Morgan fingerprint density at radius 3 is 2.30 bits per heavy atom. The fourth-order valence-electron chi connectivity index (χ4n) is 5.16. The Labute approximate surface area is 237 Å². The standard InChI is InChI=1S/C30H34ClN5O4/c1-3-12-35-26-19-25(32-28(26)29(38)36(13-4-2)30(35)39)21-8-10-24(11-9-21)40-20-27(37)34-16-14-33(15-17-34)23-7-5-6-22(31)18-23/h5-11,18-19,32H,3-4,12-17,20H2,1-2H3. The van der Waals surface area contributed by atoms with Crippen LogP contribution in [0.4, 0.5) is 5.69 Å². The van der Waals surface area contributed by atoms with Gasteiger partial charge in [0.15, 0.2) is 6.61 Å². The number of ether oxygens (including phenoxy) is 1. The number of amides is 1. The van der Waals surface area contributed by atoms with Crippen LogP contribution in [0.3, 0.4) is 0 Å². The summed E-state index contributed by atoms with van der Waals surface area (Å²) in [5, 5.41) is 0.701. The molecule has 1 aliphatic rings. The number of hydrogen-bond acceptors (Lipinski definition) is 5. The predicted octanol–water partition coefficient (Wildman–Crippen LogP) is 4.36. The topological polar surface area (TPSA) is 92.6 Å². The van der Waals surface area contributed by atoms with E-state index in [1.54, 1.807) is 16.7 Å². The number of carbonyl (C=O) groups is 1. The van der Waals surface area contributed by atoms with E-state index in [4.69, 9.17) is 16.3 Å². The van der Waals surface area contributed by atoms with Gasteiger partial charge in [-0.25, -0.2) is 4.79 Å². The van der Waals surface area contributed by atoms with Crippen molar-refractivity contribution in [3.63, 3.8) is 0 Å². The van der Waals surface area contributed by atoms with Crippen LogP contribution < -0.4 is 20.9 Å². The van der Waals surface area contributed by atoms with Gasteiger partial charge in [0.25, 0.3) is 11.5 Å². The number of nitrogens with one attached hydrogen (secondary N) is 1. The molecule has 0 atom stereocenters. The smallest absolute Gasteiger partial charge is 0.331 e. The van der Waals surface area contributed by atoms with Gasteiger partial charge in [0.1, 0.15) is 11.3 Å². The van der Waals surface area contributed by atoms with Crippen molar-refractivity contribution in [3.05, 3.63) is 80.5 Å². The highest BCUT2D eigenvalue weighted by Gasteiger charge is 2.22. The fourth-order valence-corrected chi connectivity index (χ4v) is 5.34. The summed E-state index contributed by atoms with van der Waals surface area (Å²) in [6.45, 7) is 7.55. The third-order valence-electron chi connectivity index (χ3n) is 7.24. The van der Waals surface area contributed by atoms with Gasteiger partial charge in [0.2, 0.25) is 0 Å². The van der Waals surface area contributed by atoms with Crippen molar-refractivity contribution < 1.29 is 9.53 Å². The molecule has 1 aliphatic heterocycles. The van der Waals surface area contributed by atoms with Crippen LogP contribution in [0.5, 0.6) is 5.75 Å². The Bertz CT molecular complexity index is 1610. The zero-order chi connectivity index (χ0) is 28.2. The van der Waals surface area contributed by atoms with Gasteiger partial charge in [-0.1, -0.05) is 31.5 Å². The van der Waals surface area contributed by atoms with Crippen LogP contribution in [0, 0.1) is 0 Å². The second-order valence-corrected chi connectivity index (χ2v) is 10.4. The van der Waals surface area contributed by atoms with Crippen LogP contribution in [0.15, 0.2) is 64.2 Å². The highest BCUT2D eigenvalue weighted by atomic mass is 35.5. The van der Waals surface area contributed by atoms with Crippen LogP contribution in [-0.4, -0.2) is 57.7 Å². The van der Waals surface area contributed by atoms with E-state index in [9.17, 15) is 14.4 Å². The molecular weight excluding hydrogens is 530 g/mol. The first kappa shape index (κ1) is 27.6. The van der Waals surface area contributed by atoms with Crippen molar-refractivity contribution in [1.29, 1.82) is 0 Å². The molecule has 1 saturated heterocycles. The van der Waals surface area contributed by atoms with Crippen molar-refractivity contribution in [3.8, 4) is 17.0 Å². The fraction of sp³-hybridized carbons (Fsp3) is 0.367. The van der Waals surface area contributed by atoms with Crippen molar-refractivity contribution >= 4 is 34.2 Å². The minimum Gasteiger partial charge on any atom is -0.484 e. The average molecular weight is 564 g/mol. The Morgan fingerprint density at radius 2 is 1.62 bits per heavy atom. The number of fused-ring (bicyclic) bond motifs is 1. The molecule has 1 amide bonds. The van der Waals surface area contributed by atoms with Crippen LogP contribution in [0.1, 0.15) is 26.7 Å². The first-order valence-electron chi connectivity index (χ1n) is 13.8. The number of halogens is 1. The van der Waals surface area contributed by atoms with E-state index in [0.29, 0.717) is 54.4 Å². The summed E-state index contributed by atoms with van der Waals surface area (Å²) in [5.74, 6) is 0.529. The zero-order valence-corrected chi connectivity index (χ0v) is 23.6. The lowest BCUT2D eigenvalue weighted by molar-refractivity contribution is -0.133. The second-order valence-electron chi connectivity index (χ2n) is 10.00. The third kappa shape index (κ3) is 5.65. The molecule has 2 aromatic carbocycles. The van der Waals surface area contributed by atoms with Crippen molar-refractivity contribution in [2.45, 2.75) is 39.8 Å². The Morgan fingerprint density at radius 1 is 0.925 bits per heavy atom. The van der Waals surface area contributed by atoms with Gasteiger partial charge < -0.3 is 19.5 Å². The number of nitrogens with zero attached hydrogens (tertiary/aromatic N) is 4. The minimum atomic E-state index is -0.299. The molecule has 0 spiro atoms. The maximum absolute atomic E-state index is 13.0. The summed E-state index contributed by atoms with van der Waals surface area (Å²) in [7, 11) is 0. The van der Waals surface area contributed by atoms with Crippen molar-refractivity contribution in [2.24, 2.45) is 0 Å². The number of carbonyl (C=O) groups excluding carboxylic acids is 1. The molecule has 4 aromatic rings. The summed E-state index contributed by atoms with van der Waals surface area (Å²) in [4.78, 5) is 46.0. The minimum absolute atomic E-state index is 0.0385. The average Bonchev–Trinajstić information content (AvgIpc) is 3.42. The molecule has 1 fully saturated rings. The molecule has 0 aliphatic carbocycles. The molecular formula is C30H34ClN5O4. The summed E-state index contributed by atoms with van der Waals surface area (Å²) in [5.41, 5.74) is 3.12.